The molecule has 2 aromatic heterocycles. The lowest BCUT2D eigenvalue weighted by Gasteiger charge is -2.05. The van der Waals surface area contributed by atoms with Crippen LogP contribution >= 0.6 is 11.3 Å². The highest BCUT2D eigenvalue weighted by Crippen LogP contribution is 2.31. The van der Waals surface area contributed by atoms with Crippen LogP contribution in [-0.2, 0) is 0 Å². The molecule has 22 heavy (non-hydrogen) atoms. The fourth-order valence-corrected chi connectivity index (χ4v) is 2.96. The summed E-state index contributed by atoms with van der Waals surface area (Å²) in [5.41, 5.74) is 2.07. The quantitative estimate of drug-likeness (QED) is 0.597. The first-order valence-electron chi connectivity index (χ1n) is 7.47. The number of pyridine rings is 1. The molecular formula is C18H18N2OS. The molecule has 0 amide bonds. The smallest absolute Gasteiger partial charge is 0.142 e. The highest BCUT2D eigenvalue weighted by Gasteiger charge is 2.07. The lowest BCUT2D eigenvalue weighted by molar-refractivity contribution is 0.309. The average molecular weight is 310 g/mol. The second-order valence-corrected chi connectivity index (χ2v) is 6.00. The van der Waals surface area contributed by atoms with E-state index in [2.05, 4.69) is 29.0 Å². The van der Waals surface area contributed by atoms with Gasteiger partial charge in [0.15, 0.2) is 0 Å². The van der Waals surface area contributed by atoms with Crippen LogP contribution in [0.25, 0.3) is 21.1 Å². The Morgan fingerprint density at radius 3 is 2.64 bits per heavy atom. The van der Waals surface area contributed by atoms with Crippen molar-refractivity contribution in [3.05, 3.63) is 54.9 Å². The maximum Gasteiger partial charge on any atom is 0.142 e. The molecule has 0 unspecified atom stereocenters. The summed E-state index contributed by atoms with van der Waals surface area (Å²) in [6.07, 6.45) is 5.93. The fraction of sp³-hybridized carbons (Fsp3) is 0.222. The number of hydrogen-bond acceptors (Lipinski definition) is 4. The second kappa shape index (κ2) is 7.18. The molecule has 0 bridgehead atoms. The molecule has 0 spiro atoms. The van der Waals surface area contributed by atoms with Gasteiger partial charge < -0.3 is 4.74 Å². The Balaban J connectivity index is 1.73. The largest absolute Gasteiger partial charge is 0.494 e. The van der Waals surface area contributed by atoms with E-state index in [1.807, 2.05) is 36.5 Å². The predicted octanol–water partition coefficient (Wildman–Crippen LogP) is 5.05. The lowest BCUT2D eigenvalue weighted by atomic mass is 10.2. The van der Waals surface area contributed by atoms with Gasteiger partial charge in [0.1, 0.15) is 10.8 Å². The molecule has 0 aliphatic heterocycles. The topological polar surface area (TPSA) is 35.0 Å². The van der Waals surface area contributed by atoms with Crippen LogP contribution in [0.4, 0.5) is 0 Å². The third-order valence-corrected chi connectivity index (χ3v) is 4.36. The van der Waals surface area contributed by atoms with Gasteiger partial charge in [-0.2, -0.15) is 0 Å². The van der Waals surface area contributed by atoms with E-state index in [9.17, 15) is 0 Å². The normalized spacial score (nSPS) is 10.6. The van der Waals surface area contributed by atoms with Crippen molar-refractivity contribution in [2.45, 2.75) is 19.8 Å². The molecule has 0 N–H and O–H groups in total. The van der Waals surface area contributed by atoms with Gasteiger partial charge in [0.05, 0.1) is 17.2 Å². The van der Waals surface area contributed by atoms with Crippen molar-refractivity contribution in [3.8, 4) is 26.9 Å². The molecule has 1 aromatic carbocycles. The summed E-state index contributed by atoms with van der Waals surface area (Å²) >= 11 is 1.65. The first-order chi connectivity index (χ1) is 10.9. The molecule has 112 valence electrons. The van der Waals surface area contributed by atoms with Gasteiger partial charge in [0, 0.05) is 12.4 Å². The number of aromatic nitrogens is 2. The van der Waals surface area contributed by atoms with Crippen molar-refractivity contribution in [1.82, 2.24) is 9.97 Å². The van der Waals surface area contributed by atoms with Crippen molar-refractivity contribution < 1.29 is 4.74 Å². The Bertz CT molecular complexity index is 707. The van der Waals surface area contributed by atoms with Crippen LogP contribution in [0.3, 0.4) is 0 Å². The van der Waals surface area contributed by atoms with Gasteiger partial charge in [-0.15, -0.1) is 11.3 Å². The number of hydrogen-bond donors (Lipinski definition) is 0. The highest BCUT2D eigenvalue weighted by atomic mass is 32.1. The third kappa shape index (κ3) is 3.52. The molecule has 3 rings (SSSR count). The van der Waals surface area contributed by atoms with Crippen molar-refractivity contribution >= 4 is 11.3 Å². The molecule has 0 saturated carbocycles. The standard InChI is InChI=1S/C18H18N2OS/c1-2-3-12-21-15-9-7-14(8-10-15)17-13-20-18(22-17)16-6-4-5-11-19-16/h4-11,13H,2-3,12H2,1H3. The average Bonchev–Trinajstić information content (AvgIpc) is 3.07. The Hall–Kier alpha value is -2.20. The Labute approximate surface area is 134 Å². The van der Waals surface area contributed by atoms with Crippen LogP contribution in [0.1, 0.15) is 19.8 Å². The van der Waals surface area contributed by atoms with Gasteiger partial charge in [-0.25, -0.2) is 4.98 Å². The number of thiazole rings is 1. The molecule has 3 nitrogen and oxygen atoms in total. The minimum absolute atomic E-state index is 0.778. The zero-order valence-electron chi connectivity index (χ0n) is 12.5. The van der Waals surface area contributed by atoms with E-state index in [1.165, 1.54) is 0 Å². The summed E-state index contributed by atoms with van der Waals surface area (Å²) in [6, 6.07) is 14.1. The van der Waals surface area contributed by atoms with Crippen molar-refractivity contribution in [1.29, 1.82) is 0 Å². The van der Waals surface area contributed by atoms with Gasteiger partial charge in [-0.05, 0) is 48.4 Å². The molecule has 0 atom stereocenters. The fourth-order valence-electron chi connectivity index (χ4n) is 2.07. The van der Waals surface area contributed by atoms with Crippen LogP contribution in [0, 0.1) is 0 Å². The summed E-state index contributed by atoms with van der Waals surface area (Å²) in [6.45, 7) is 2.94. The van der Waals surface area contributed by atoms with Gasteiger partial charge in [0.25, 0.3) is 0 Å². The number of benzene rings is 1. The Morgan fingerprint density at radius 2 is 1.91 bits per heavy atom. The summed E-state index contributed by atoms with van der Waals surface area (Å²) in [7, 11) is 0. The van der Waals surface area contributed by atoms with E-state index < -0.39 is 0 Å². The maximum atomic E-state index is 5.69. The lowest BCUT2D eigenvalue weighted by Crippen LogP contribution is -1.95. The monoisotopic (exact) mass is 310 g/mol. The summed E-state index contributed by atoms with van der Waals surface area (Å²) in [5, 5.41) is 0.943. The summed E-state index contributed by atoms with van der Waals surface area (Å²) in [5.74, 6) is 0.923. The summed E-state index contributed by atoms with van der Waals surface area (Å²) in [4.78, 5) is 9.95. The van der Waals surface area contributed by atoms with Crippen molar-refractivity contribution in [2.24, 2.45) is 0 Å². The number of rotatable bonds is 6. The highest BCUT2D eigenvalue weighted by molar-refractivity contribution is 7.18. The second-order valence-electron chi connectivity index (χ2n) is 4.97. The molecule has 0 radical (unpaired) electrons. The number of ether oxygens (including phenoxy) is 1. The van der Waals surface area contributed by atoms with Gasteiger partial charge in [0.2, 0.25) is 0 Å². The van der Waals surface area contributed by atoms with E-state index in [1.54, 1.807) is 17.5 Å². The molecule has 3 aromatic rings. The van der Waals surface area contributed by atoms with Crippen molar-refractivity contribution in [3.63, 3.8) is 0 Å². The van der Waals surface area contributed by atoms with Crippen LogP contribution < -0.4 is 4.74 Å². The zero-order valence-corrected chi connectivity index (χ0v) is 13.3. The maximum absolute atomic E-state index is 5.69. The van der Waals surface area contributed by atoms with Crippen LogP contribution in [-0.4, -0.2) is 16.6 Å². The van der Waals surface area contributed by atoms with E-state index in [0.29, 0.717) is 0 Å². The predicted molar refractivity (Wildman–Crippen MR) is 91.2 cm³/mol. The Morgan fingerprint density at radius 1 is 1.05 bits per heavy atom. The van der Waals surface area contributed by atoms with Crippen LogP contribution in [0.5, 0.6) is 5.75 Å². The van der Waals surface area contributed by atoms with E-state index in [-0.39, 0.29) is 0 Å². The van der Waals surface area contributed by atoms with E-state index >= 15 is 0 Å². The van der Waals surface area contributed by atoms with E-state index in [0.717, 1.165) is 46.3 Å². The molecule has 0 fully saturated rings. The number of unbranched alkanes of at least 4 members (excludes halogenated alkanes) is 1. The van der Waals surface area contributed by atoms with Gasteiger partial charge in [-0.1, -0.05) is 19.4 Å². The van der Waals surface area contributed by atoms with Gasteiger partial charge in [-0.3, -0.25) is 4.98 Å². The summed E-state index contributed by atoms with van der Waals surface area (Å²) < 4.78 is 5.69. The molecule has 4 heteroatoms. The molecule has 2 heterocycles. The van der Waals surface area contributed by atoms with Gasteiger partial charge >= 0.3 is 0 Å². The minimum Gasteiger partial charge on any atom is -0.494 e. The van der Waals surface area contributed by atoms with E-state index in [4.69, 9.17) is 4.74 Å². The molecule has 0 saturated heterocycles. The first kappa shape index (κ1) is 14.7. The zero-order chi connectivity index (χ0) is 15.2. The molecular weight excluding hydrogens is 292 g/mol. The SMILES string of the molecule is CCCCOc1ccc(-c2cnc(-c3ccccn3)s2)cc1. The van der Waals surface area contributed by atoms with Crippen LogP contribution in [0.15, 0.2) is 54.9 Å². The van der Waals surface area contributed by atoms with Crippen molar-refractivity contribution in [2.75, 3.05) is 6.61 Å². The third-order valence-electron chi connectivity index (χ3n) is 3.30. The molecule has 0 aliphatic rings. The first-order valence-corrected chi connectivity index (χ1v) is 8.29. The molecule has 0 aliphatic carbocycles. The van der Waals surface area contributed by atoms with Crippen LogP contribution in [0.2, 0.25) is 0 Å². The minimum atomic E-state index is 0.778. The number of nitrogens with zero attached hydrogens (tertiary/aromatic N) is 2. The Kier molecular flexibility index (Phi) is 4.81.